The molecule has 1 aromatic carbocycles. The van der Waals surface area contributed by atoms with Gasteiger partial charge in [-0.25, -0.2) is 0 Å². The lowest BCUT2D eigenvalue weighted by molar-refractivity contribution is -0.119. The molecule has 106 valence electrons. The number of amides is 1. The molecule has 4 heteroatoms. The summed E-state index contributed by atoms with van der Waals surface area (Å²) in [7, 11) is 3.30. The Morgan fingerprint density at radius 3 is 2.26 bits per heavy atom. The number of hydrogen-bond donors (Lipinski definition) is 1. The molecule has 0 radical (unpaired) electrons. The third-order valence-corrected chi connectivity index (χ3v) is 3.23. The first-order chi connectivity index (χ1) is 8.81. The van der Waals surface area contributed by atoms with E-state index in [1.807, 2.05) is 19.1 Å². The molecule has 0 saturated heterocycles. The van der Waals surface area contributed by atoms with Gasteiger partial charge in [0, 0.05) is 24.4 Å². The van der Waals surface area contributed by atoms with E-state index in [0.717, 1.165) is 22.6 Å². The highest BCUT2D eigenvalue weighted by Crippen LogP contribution is 2.36. The fourth-order valence-corrected chi connectivity index (χ4v) is 2.02. The molecule has 0 aliphatic rings. The molecule has 0 fully saturated rings. The predicted molar refractivity (Wildman–Crippen MR) is 76.0 cm³/mol. The second-order valence-electron chi connectivity index (χ2n) is 5.32. The van der Waals surface area contributed by atoms with Crippen LogP contribution in [-0.4, -0.2) is 26.7 Å². The molecule has 19 heavy (non-hydrogen) atoms. The number of methoxy groups -OCH3 is 2. The Bertz CT molecular complexity index is 467. The summed E-state index contributed by atoms with van der Waals surface area (Å²) >= 11 is 0. The molecule has 0 unspecified atom stereocenters. The molecule has 0 spiro atoms. The third kappa shape index (κ3) is 3.63. The van der Waals surface area contributed by atoms with Gasteiger partial charge in [0.25, 0.3) is 0 Å². The van der Waals surface area contributed by atoms with Gasteiger partial charge in [0.2, 0.25) is 5.91 Å². The first-order valence-electron chi connectivity index (χ1n) is 6.29. The molecule has 0 atom stereocenters. The van der Waals surface area contributed by atoms with Crippen molar-refractivity contribution in [2.24, 2.45) is 0 Å². The van der Waals surface area contributed by atoms with Crippen molar-refractivity contribution in [3.63, 3.8) is 0 Å². The zero-order valence-corrected chi connectivity index (χ0v) is 12.6. The Hall–Kier alpha value is -1.71. The highest BCUT2D eigenvalue weighted by molar-refractivity contribution is 5.73. The summed E-state index contributed by atoms with van der Waals surface area (Å²) < 4.78 is 10.8. The van der Waals surface area contributed by atoms with Crippen LogP contribution < -0.4 is 14.8 Å². The van der Waals surface area contributed by atoms with E-state index in [4.69, 9.17) is 9.47 Å². The molecule has 1 rings (SSSR count). The van der Waals surface area contributed by atoms with E-state index < -0.39 is 0 Å². The molecule has 0 bridgehead atoms. The maximum absolute atomic E-state index is 11.1. The van der Waals surface area contributed by atoms with Crippen molar-refractivity contribution in [2.75, 3.05) is 20.8 Å². The standard InChI is InChI=1S/C15H23NO3/c1-10-7-14(19-6)12(8-13(10)18-5)15(3,4)9-16-11(2)17/h7-8H,9H2,1-6H3,(H,16,17). The van der Waals surface area contributed by atoms with Crippen LogP contribution in [0.25, 0.3) is 0 Å². The van der Waals surface area contributed by atoms with Gasteiger partial charge < -0.3 is 14.8 Å². The molecule has 0 heterocycles. The molecule has 0 aliphatic heterocycles. The number of nitrogens with one attached hydrogen (secondary N) is 1. The van der Waals surface area contributed by atoms with Crippen LogP contribution in [0.3, 0.4) is 0 Å². The average molecular weight is 265 g/mol. The fraction of sp³-hybridized carbons (Fsp3) is 0.533. The molecular formula is C15H23NO3. The molecule has 1 aromatic rings. The number of rotatable bonds is 5. The van der Waals surface area contributed by atoms with Crippen LogP contribution in [0.4, 0.5) is 0 Å². The third-order valence-electron chi connectivity index (χ3n) is 3.23. The Morgan fingerprint density at radius 1 is 1.21 bits per heavy atom. The Morgan fingerprint density at radius 2 is 1.79 bits per heavy atom. The Labute approximate surface area is 115 Å². The minimum Gasteiger partial charge on any atom is -0.496 e. The van der Waals surface area contributed by atoms with Crippen LogP contribution in [0.15, 0.2) is 12.1 Å². The topological polar surface area (TPSA) is 47.6 Å². The Balaban J connectivity index is 3.19. The number of ether oxygens (including phenoxy) is 2. The van der Waals surface area contributed by atoms with Crippen molar-refractivity contribution in [3.8, 4) is 11.5 Å². The molecular weight excluding hydrogens is 242 g/mol. The van der Waals surface area contributed by atoms with Gasteiger partial charge in [-0.3, -0.25) is 4.79 Å². The number of carbonyl (C=O) groups excluding carboxylic acids is 1. The first kappa shape index (κ1) is 15.3. The lowest BCUT2D eigenvalue weighted by atomic mass is 9.83. The normalized spacial score (nSPS) is 11.1. The molecule has 0 saturated carbocycles. The molecule has 4 nitrogen and oxygen atoms in total. The van der Waals surface area contributed by atoms with E-state index in [1.54, 1.807) is 14.2 Å². The first-order valence-corrected chi connectivity index (χ1v) is 6.29. The van der Waals surface area contributed by atoms with Crippen molar-refractivity contribution in [2.45, 2.75) is 33.1 Å². The summed E-state index contributed by atoms with van der Waals surface area (Å²) in [5.74, 6) is 1.60. The summed E-state index contributed by atoms with van der Waals surface area (Å²) in [6.45, 7) is 8.17. The second-order valence-corrected chi connectivity index (χ2v) is 5.32. The molecule has 0 aliphatic carbocycles. The minimum absolute atomic E-state index is 0.0360. The monoisotopic (exact) mass is 265 g/mol. The highest BCUT2D eigenvalue weighted by Gasteiger charge is 2.26. The van der Waals surface area contributed by atoms with Crippen LogP contribution in [0.1, 0.15) is 31.9 Å². The number of carbonyl (C=O) groups is 1. The quantitative estimate of drug-likeness (QED) is 0.889. The van der Waals surface area contributed by atoms with Crippen molar-refractivity contribution < 1.29 is 14.3 Å². The summed E-state index contributed by atoms with van der Waals surface area (Å²) in [5, 5.41) is 2.85. The number of hydrogen-bond acceptors (Lipinski definition) is 3. The number of benzene rings is 1. The van der Waals surface area contributed by atoms with Crippen LogP contribution in [0.5, 0.6) is 11.5 Å². The van der Waals surface area contributed by atoms with E-state index in [0.29, 0.717) is 6.54 Å². The van der Waals surface area contributed by atoms with Crippen molar-refractivity contribution >= 4 is 5.91 Å². The van der Waals surface area contributed by atoms with Gasteiger partial charge in [-0.2, -0.15) is 0 Å². The van der Waals surface area contributed by atoms with Gasteiger partial charge >= 0.3 is 0 Å². The summed E-state index contributed by atoms with van der Waals surface area (Å²) in [6, 6.07) is 3.94. The van der Waals surface area contributed by atoms with Crippen molar-refractivity contribution in [1.29, 1.82) is 0 Å². The van der Waals surface area contributed by atoms with E-state index in [-0.39, 0.29) is 11.3 Å². The molecule has 1 amide bonds. The summed E-state index contributed by atoms with van der Waals surface area (Å²) in [5.41, 5.74) is 1.81. The van der Waals surface area contributed by atoms with Gasteiger partial charge in [0.05, 0.1) is 14.2 Å². The number of aryl methyl sites for hydroxylation is 1. The van der Waals surface area contributed by atoms with E-state index in [9.17, 15) is 4.79 Å². The largest absolute Gasteiger partial charge is 0.496 e. The van der Waals surface area contributed by atoms with Gasteiger partial charge in [-0.1, -0.05) is 13.8 Å². The van der Waals surface area contributed by atoms with Gasteiger partial charge in [0.15, 0.2) is 0 Å². The maximum Gasteiger partial charge on any atom is 0.216 e. The van der Waals surface area contributed by atoms with Crippen LogP contribution in [0.2, 0.25) is 0 Å². The van der Waals surface area contributed by atoms with Crippen LogP contribution >= 0.6 is 0 Å². The van der Waals surface area contributed by atoms with Crippen LogP contribution in [-0.2, 0) is 10.2 Å². The van der Waals surface area contributed by atoms with Crippen molar-refractivity contribution in [3.05, 3.63) is 23.3 Å². The van der Waals surface area contributed by atoms with Gasteiger partial charge in [0.1, 0.15) is 11.5 Å². The zero-order chi connectivity index (χ0) is 14.6. The Kier molecular flexibility index (Phi) is 4.81. The van der Waals surface area contributed by atoms with E-state index in [2.05, 4.69) is 19.2 Å². The minimum atomic E-state index is -0.238. The maximum atomic E-state index is 11.1. The second kappa shape index (κ2) is 5.95. The fourth-order valence-electron chi connectivity index (χ4n) is 2.02. The zero-order valence-electron chi connectivity index (χ0n) is 12.6. The van der Waals surface area contributed by atoms with E-state index in [1.165, 1.54) is 6.92 Å². The molecule has 1 N–H and O–H groups in total. The summed E-state index contributed by atoms with van der Waals surface area (Å²) in [6.07, 6.45) is 0. The molecule has 0 aromatic heterocycles. The van der Waals surface area contributed by atoms with Crippen molar-refractivity contribution in [1.82, 2.24) is 5.32 Å². The lowest BCUT2D eigenvalue weighted by Crippen LogP contribution is -2.35. The predicted octanol–water partition coefficient (Wildman–Crippen LogP) is 2.43. The summed E-state index contributed by atoms with van der Waals surface area (Å²) in [4.78, 5) is 11.1. The smallest absolute Gasteiger partial charge is 0.216 e. The SMILES string of the molecule is COc1cc(C(C)(C)CNC(C)=O)c(OC)cc1C. The highest BCUT2D eigenvalue weighted by atomic mass is 16.5. The average Bonchev–Trinajstić information content (AvgIpc) is 2.35. The van der Waals surface area contributed by atoms with Gasteiger partial charge in [-0.05, 0) is 24.6 Å². The van der Waals surface area contributed by atoms with Crippen LogP contribution in [0, 0.1) is 6.92 Å². The van der Waals surface area contributed by atoms with Gasteiger partial charge in [-0.15, -0.1) is 0 Å². The lowest BCUT2D eigenvalue weighted by Gasteiger charge is -2.28. The van der Waals surface area contributed by atoms with E-state index >= 15 is 0 Å².